The lowest BCUT2D eigenvalue weighted by Gasteiger charge is -2.22. The highest BCUT2D eigenvalue weighted by atomic mass is 35.5. The average molecular weight is 422 g/mol. The van der Waals surface area contributed by atoms with Crippen LogP contribution in [0.25, 0.3) is 10.9 Å². The Morgan fingerprint density at radius 1 is 1.10 bits per heavy atom. The van der Waals surface area contributed by atoms with Gasteiger partial charge in [-0.1, -0.05) is 23.2 Å². The van der Waals surface area contributed by atoms with E-state index in [1.807, 2.05) is 31.2 Å². The number of aromatic amines is 1. The molecule has 0 saturated carbocycles. The molecule has 0 aliphatic carbocycles. The van der Waals surface area contributed by atoms with Gasteiger partial charge in [0.05, 0.1) is 19.4 Å². The number of H-pyrrole nitrogens is 1. The number of benzene rings is 2. The molecule has 2 heterocycles. The molecular weight excluding hydrogens is 402 g/mol. The highest BCUT2D eigenvalue weighted by Crippen LogP contribution is 2.18. The lowest BCUT2D eigenvalue weighted by molar-refractivity contribution is 0.201. The first-order valence-electron chi connectivity index (χ1n) is 9.44. The van der Waals surface area contributed by atoms with Gasteiger partial charge < -0.3 is 19.6 Å². The minimum absolute atomic E-state index is 0.124. The zero-order chi connectivity index (χ0) is 21.1. The maximum Gasteiger partial charge on any atom is 0.322 e. The zero-order valence-electron chi connectivity index (χ0n) is 16.3. The Morgan fingerprint density at radius 3 is 2.63 bits per heavy atom. The van der Waals surface area contributed by atoms with E-state index < -0.39 is 0 Å². The van der Waals surface area contributed by atoms with Crippen LogP contribution in [0.3, 0.4) is 0 Å². The minimum Gasteiger partial charge on any atom is -0.467 e. The molecule has 0 fully saturated rings. The largest absolute Gasteiger partial charge is 0.467 e. The van der Waals surface area contributed by atoms with Crippen molar-refractivity contribution in [3.05, 3.63) is 99.2 Å². The van der Waals surface area contributed by atoms with Crippen molar-refractivity contribution in [2.24, 2.45) is 0 Å². The SMILES string of the molecule is Cc1ccc2[nH]c(=O)c(CN(Cc3ccco3)C(=O)Nc3ccc(Cl)cc3)cc2c1. The van der Waals surface area contributed by atoms with Gasteiger partial charge in [0.2, 0.25) is 0 Å². The zero-order valence-corrected chi connectivity index (χ0v) is 17.1. The van der Waals surface area contributed by atoms with Crippen LogP contribution in [0.5, 0.6) is 0 Å². The van der Waals surface area contributed by atoms with Crippen LogP contribution in [-0.4, -0.2) is 15.9 Å². The van der Waals surface area contributed by atoms with Gasteiger partial charge in [0, 0.05) is 21.8 Å². The number of fused-ring (bicyclic) bond motifs is 1. The molecule has 0 atom stereocenters. The summed E-state index contributed by atoms with van der Waals surface area (Å²) >= 11 is 5.92. The molecule has 0 spiro atoms. The van der Waals surface area contributed by atoms with Gasteiger partial charge in [0.15, 0.2) is 0 Å². The molecule has 30 heavy (non-hydrogen) atoms. The van der Waals surface area contributed by atoms with E-state index in [9.17, 15) is 9.59 Å². The van der Waals surface area contributed by atoms with Gasteiger partial charge in [-0.15, -0.1) is 0 Å². The van der Waals surface area contributed by atoms with Crippen molar-refractivity contribution in [3.8, 4) is 0 Å². The fourth-order valence-corrected chi connectivity index (χ4v) is 3.35. The number of halogens is 1. The maximum absolute atomic E-state index is 13.0. The predicted molar refractivity (Wildman–Crippen MR) is 118 cm³/mol. The Morgan fingerprint density at radius 2 is 1.90 bits per heavy atom. The van der Waals surface area contributed by atoms with Gasteiger partial charge in [-0.25, -0.2) is 4.79 Å². The number of nitrogens with zero attached hydrogens (tertiary/aromatic N) is 1. The second-order valence-electron chi connectivity index (χ2n) is 7.09. The summed E-state index contributed by atoms with van der Waals surface area (Å²) in [5.41, 5.74) is 2.73. The number of rotatable bonds is 5. The van der Waals surface area contributed by atoms with Gasteiger partial charge >= 0.3 is 6.03 Å². The molecular formula is C23H20ClN3O3. The Bertz CT molecular complexity index is 1230. The average Bonchev–Trinajstić information content (AvgIpc) is 3.23. The number of aromatic nitrogens is 1. The Labute approximate surface area is 178 Å². The summed E-state index contributed by atoms with van der Waals surface area (Å²) in [5.74, 6) is 0.620. The summed E-state index contributed by atoms with van der Waals surface area (Å²) in [5, 5.41) is 4.34. The molecule has 2 amide bonds. The molecule has 2 N–H and O–H groups in total. The number of amides is 2. The van der Waals surface area contributed by atoms with Gasteiger partial charge in [-0.3, -0.25) is 4.79 Å². The van der Waals surface area contributed by atoms with Crippen LogP contribution in [0.1, 0.15) is 16.9 Å². The van der Waals surface area contributed by atoms with Crippen LogP contribution < -0.4 is 10.9 Å². The molecule has 2 aromatic carbocycles. The van der Waals surface area contributed by atoms with Crippen LogP contribution in [-0.2, 0) is 13.1 Å². The molecule has 0 radical (unpaired) electrons. The van der Waals surface area contributed by atoms with E-state index >= 15 is 0 Å². The first-order valence-corrected chi connectivity index (χ1v) is 9.82. The summed E-state index contributed by atoms with van der Waals surface area (Å²) in [6.07, 6.45) is 1.55. The topological polar surface area (TPSA) is 78.3 Å². The third-order valence-corrected chi connectivity index (χ3v) is 5.00. The first-order chi connectivity index (χ1) is 14.5. The fraction of sp³-hybridized carbons (Fsp3) is 0.130. The number of carbonyl (C=O) groups is 1. The third-order valence-electron chi connectivity index (χ3n) is 4.75. The van der Waals surface area contributed by atoms with E-state index in [2.05, 4.69) is 10.3 Å². The summed E-state index contributed by atoms with van der Waals surface area (Å²) in [7, 11) is 0. The fourth-order valence-electron chi connectivity index (χ4n) is 3.22. The Hall–Kier alpha value is -3.51. The standard InChI is InChI=1S/C23H20ClN3O3/c1-15-4-9-21-16(11-15)12-17(22(28)26-21)13-27(14-20-3-2-10-30-20)23(29)25-19-7-5-18(24)6-8-19/h2-12H,13-14H2,1H3,(H,25,29)(H,26,28). The lowest BCUT2D eigenvalue weighted by Crippen LogP contribution is -2.35. The molecule has 152 valence electrons. The molecule has 4 rings (SSSR count). The van der Waals surface area contributed by atoms with Gasteiger partial charge in [-0.05, 0) is 66.9 Å². The Kier molecular flexibility index (Phi) is 5.59. The molecule has 0 unspecified atom stereocenters. The number of hydrogen-bond acceptors (Lipinski definition) is 3. The van der Waals surface area contributed by atoms with E-state index in [0.717, 1.165) is 16.5 Å². The highest BCUT2D eigenvalue weighted by molar-refractivity contribution is 6.30. The van der Waals surface area contributed by atoms with E-state index in [-0.39, 0.29) is 24.7 Å². The molecule has 6 nitrogen and oxygen atoms in total. The van der Waals surface area contributed by atoms with Gasteiger partial charge in [-0.2, -0.15) is 0 Å². The van der Waals surface area contributed by atoms with E-state index in [1.165, 1.54) is 4.90 Å². The van der Waals surface area contributed by atoms with Crippen LogP contribution in [0.4, 0.5) is 10.5 Å². The summed E-state index contributed by atoms with van der Waals surface area (Å²) in [4.78, 5) is 30.0. The number of anilines is 1. The van der Waals surface area contributed by atoms with Crippen LogP contribution in [0.15, 0.2) is 76.1 Å². The van der Waals surface area contributed by atoms with Crippen molar-refractivity contribution in [3.63, 3.8) is 0 Å². The summed E-state index contributed by atoms with van der Waals surface area (Å²) < 4.78 is 5.41. The van der Waals surface area contributed by atoms with Crippen molar-refractivity contribution in [1.82, 2.24) is 9.88 Å². The molecule has 0 aliphatic rings. The van der Waals surface area contributed by atoms with Gasteiger partial charge in [0.25, 0.3) is 5.56 Å². The van der Waals surface area contributed by atoms with E-state index in [0.29, 0.717) is 22.0 Å². The molecule has 7 heteroatoms. The lowest BCUT2D eigenvalue weighted by atomic mass is 10.1. The number of pyridine rings is 1. The van der Waals surface area contributed by atoms with Crippen molar-refractivity contribution >= 4 is 34.2 Å². The van der Waals surface area contributed by atoms with Gasteiger partial charge in [0.1, 0.15) is 5.76 Å². The Balaban J connectivity index is 1.63. The third kappa shape index (κ3) is 4.55. The smallest absolute Gasteiger partial charge is 0.322 e. The number of nitrogens with one attached hydrogen (secondary N) is 2. The number of aryl methyl sites for hydroxylation is 1. The molecule has 4 aromatic rings. The van der Waals surface area contributed by atoms with E-state index in [1.54, 1.807) is 42.7 Å². The van der Waals surface area contributed by atoms with E-state index in [4.69, 9.17) is 16.0 Å². The molecule has 0 saturated heterocycles. The normalized spacial score (nSPS) is 10.9. The quantitative estimate of drug-likeness (QED) is 0.458. The second-order valence-corrected chi connectivity index (χ2v) is 7.52. The minimum atomic E-state index is -0.350. The highest BCUT2D eigenvalue weighted by Gasteiger charge is 2.18. The van der Waals surface area contributed by atoms with Crippen molar-refractivity contribution < 1.29 is 9.21 Å². The maximum atomic E-state index is 13.0. The molecule has 2 aromatic heterocycles. The van der Waals surface area contributed by atoms with Crippen molar-refractivity contribution in [2.45, 2.75) is 20.0 Å². The van der Waals surface area contributed by atoms with Crippen molar-refractivity contribution in [2.75, 3.05) is 5.32 Å². The number of hydrogen-bond donors (Lipinski definition) is 2. The van der Waals surface area contributed by atoms with Crippen molar-refractivity contribution in [1.29, 1.82) is 0 Å². The monoisotopic (exact) mass is 421 g/mol. The first kappa shape index (κ1) is 19.8. The number of carbonyl (C=O) groups excluding carboxylic acids is 1. The molecule has 0 aliphatic heterocycles. The summed E-state index contributed by atoms with van der Waals surface area (Å²) in [6.45, 7) is 2.34. The number of urea groups is 1. The van der Waals surface area contributed by atoms with Crippen LogP contribution in [0.2, 0.25) is 5.02 Å². The number of furan rings is 1. The second kappa shape index (κ2) is 8.47. The van der Waals surface area contributed by atoms with Crippen LogP contribution >= 0.6 is 11.6 Å². The predicted octanol–water partition coefficient (Wildman–Crippen LogP) is 5.32. The molecule has 0 bridgehead atoms. The summed E-state index contributed by atoms with van der Waals surface area (Å²) in [6, 6.07) is 17.7. The van der Waals surface area contributed by atoms with Crippen LogP contribution in [0, 0.1) is 6.92 Å².